The van der Waals surface area contributed by atoms with Crippen LogP contribution < -0.4 is 5.32 Å². The summed E-state index contributed by atoms with van der Waals surface area (Å²) in [5.41, 5.74) is 1.78. The standard InChI is InChI=1S/C21H25N3O4/c1-3-19(25)22-9-14-15-10-24(11-21(15)7-6-17(14)28-21)20(26)13-4-5-16-18(8-13)27-12(2)23-16/h4-5,8,14-15,17H,3,6-7,9-11H2,1-2H3,(H,22,25)/t14-,15+,17+,21+/m0/s1. The first-order valence-electron chi connectivity index (χ1n) is 10.1. The third-order valence-electron chi connectivity index (χ3n) is 6.67. The third-order valence-corrected chi connectivity index (χ3v) is 6.67. The number of rotatable bonds is 4. The Morgan fingerprint density at radius 2 is 2.25 bits per heavy atom. The molecule has 2 amide bonds. The lowest BCUT2D eigenvalue weighted by Gasteiger charge is -2.29. The van der Waals surface area contributed by atoms with E-state index in [1.54, 1.807) is 13.0 Å². The van der Waals surface area contributed by atoms with Gasteiger partial charge in [0.1, 0.15) is 5.52 Å². The van der Waals surface area contributed by atoms with E-state index in [1.807, 2.05) is 24.0 Å². The Bertz CT molecular complexity index is 954. The Hall–Kier alpha value is -2.41. The molecule has 0 saturated carbocycles. The molecule has 2 bridgehead atoms. The molecule has 28 heavy (non-hydrogen) atoms. The molecule has 1 N–H and O–H groups in total. The van der Waals surface area contributed by atoms with Crippen molar-refractivity contribution in [1.29, 1.82) is 0 Å². The van der Waals surface area contributed by atoms with E-state index in [0.717, 1.165) is 18.4 Å². The first kappa shape index (κ1) is 17.7. The molecule has 4 atom stereocenters. The lowest BCUT2D eigenvalue weighted by Crippen LogP contribution is -2.41. The van der Waals surface area contributed by atoms with Crippen molar-refractivity contribution in [2.45, 2.75) is 44.8 Å². The number of benzene rings is 1. The number of nitrogens with one attached hydrogen (secondary N) is 1. The molecule has 0 aliphatic carbocycles. The predicted octanol–water partition coefficient (Wildman–Crippen LogP) is 2.28. The van der Waals surface area contributed by atoms with Crippen molar-refractivity contribution in [1.82, 2.24) is 15.2 Å². The zero-order valence-corrected chi connectivity index (χ0v) is 16.2. The molecule has 3 fully saturated rings. The quantitative estimate of drug-likeness (QED) is 0.876. The van der Waals surface area contributed by atoms with Crippen LogP contribution in [0.2, 0.25) is 0 Å². The van der Waals surface area contributed by atoms with E-state index in [-0.39, 0.29) is 35.4 Å². The smallest absolute Gasteiger partial charge is 0.254 e. The molecule has 1 aromatic carbocycles. The Kier molecular flexibility index (Phi) is 3.98. The Balaban J connectivity index is 1.35. The van der Waals surface area contributed by atoms with E-state index in [1.165, 1.54) is 0 Å². The van der Waals surface area contributed by atoms with Gasteiger partial charge in [-0.2, -0.15) is 0 Å². The van der Waals surface area contributed by atoms with E-state index in [0.29, 0.717) is 43.1 Å². The lowest BCUT2D eigenvalue weighted by molar-refractivity contribution is -0.121. The zero-order chi connectivity index (χ0) is 19.5. The van der Waals surface area contributed by atoms with E-state index in [2.05, 4.69) is 10.3 Å². The van der Waals surface area contributed by atoms with Crippen molar-refractivity contribution >= 4 is 22.9 Å². The van der Waals surface area contributed by atoms with Gasteiger partial charge in [0.15, 0.2) is 11.5 Å². The predicted molar refractivity (Wildman–Crippen MR) is 102 cm³/mol. The molecule has 1 aromatic heterocycles. The molecule has 4 heterocycles. The number of likely N-dealkylation sites (tertiary alicyclic amines) is 1. The number of carbonyl (C=O) groups is 2. The van der Waals surface area contributed by atoms with Crippen molar-refractivity contribution in [3.05, 3.63) is 29.7 Å². The van der Waals surface area contributed by atoms with Crippen LogP contribution >= 0.6 is 0 Å². The monoisotopic (exact) mass is 383 g/mol. The summed E-state index contributed by atoms with van der Waals surface area (Å²) in [5.74, 6) is 1.23. The maximum atomic E-state index is 13.2. The van der Waals surface area contributed by atoms with Gasteiger partial charge in [0.05, 0.1) is 18.2 Å². The maximum Gasteiger partial charge on any atom is 0.254 e. The van der Waals surface area contributed by atoms with E-state index in [4.69, 9.17) is 9.15 Å². The summed E-state index contributed by atoms with van der Waals surface area (Å²) in [7, 11) is 0. The summed E-state index contributed by atoms with van der Waals surface area (Å²) >= 11 is 0. The highest BCUT2D eigenvalue weighted by Gasteiger charge is 2.63. The molecule has 2 aromatic rings. The molecular weight excluding hydrogens is 358 g/mol. The van der Waals surface area contributed by atoms with Gasteiger partial charge in [0.25, 0.3) is 5.91 Å². The number of ether oxygens (including phenoxy) is 1. The molecule has 1 spiro atoms. The molecule has 3 aliphatic heterocycles. The highest BCUT2D eigenvalue weighted by molar-refractivity contribution is 5.97. The molecule has 7 nitrogen and oxygen atoms in total. The van der Waals surface area contributed by atoms with Crippen molar-refractivity contribution in [2.75, 3.05) is 19.6 Å². The minimum atomic E-state index is -0.241. The van der Waals surface area contributed by atoms with Crippen LogP contribution in [0.15, 0.2) is 22.6 Å². The first-order valence-corrected chi connectivity index (χ1v) is 10.1. The van der Waals surface area contributed by atoms with E-state index in [9.17, 15) is 9.59 Å². The summed E-state index contributed by atoms with van der Waals surface area (Å²) in [6.45, 7) is 5.59. The van der Waals surface area contributed by atoms with Gasteiger partial charge in [-0.1, -0.05) is 6.92 Å². The van der Waals surface area contributed by atoms with E-state index < -0.39 is 0 Å². The topological polar surface area (TPSA) is 84.7 Å². The summed E-state index contributed by atoms with van der Waals surface area (Å²) in [6, 6.07) is 5.43. The Morgan fingerprint density at radius 3 is 3.07 bits per heavy atom. The van der Waals surface area contributed by atoms with Crippen molar-refractivity contribution in [3.8, 4) is 0 Å². The number of aromatic nitrogens is 1. The van der Waals surface area contributed by atoms with Crippen LogP contribution in [0, 0.1) is 18.8 Å². The molecule has 148 valence electrons. The second-order valence-electron chi connectivity index (χ2n) is 8.29. The number of fused-ring (bicyclic) bond motifs is 2. The Morgan fingerprint density at radius 1 is 1.39 bits per heavy atom. The largest absolute Gasteiger partial charge is 0.441 e. The number of aryl methyl sites for hydroxylation is 1. The second-order valence-corrected chi connectivity index (χ2v) is 8.29. The van der Waals surface area contributed by atoms with Gasteiger partial charge in [0, 0.05) is 43.8 Å². The van der Waals surface area contributed by atoms with E-state index >= 15 is 0 Å². The maximum absolute atomic E-state index is 13.2. The van der Waals surface area contributed by atoms with Crippen LogP contribution in [-0.2, 0) is 9.53 Å². The number of carbonyl (C=O) groups excluding carboxylic acids is 2. The van der Waals surface area contributed by atoms with Gasteiger partial charge in [-0.3, -0.25) is 9.59 Å². The van der Waals surface area contributed by atoms with Gasteiger partial charge in [0.2, 0.25) is 5.91 Å². The van der Waals surface area contributed by atoms with Gasteiger partial charge in [-0.05, 0) is 31.0 Å². The molecular formula is C21H25N3O4. The van der Waals surface area contributed by atoms with Crippen LogP contribution in [0.5, 0.6) is 0 Å². The molecule has 3 saturated heterocycles. The fourth-order valence-electron chi connectivity index (χ4n) is 5.33. The average molecular weight is 383 g/mol. The molecule has 5 rings (SSSR count). The minimum Gasteiger partial charge on any atom is -0.441 e. The van der Waals surface area contributed by atoms with Crippen LogP contribution in [-0.4, -0.2) is 53.0 Å². The number of oxazole rings is 1. The van der Waals surface area contributed by atoms with Gasteiger partial charge < -0.3 is 19.4 Å². The number of hydrogen-bond acceptors (Lipinski definition) is 5. The van der Waals surface area contributed by atoms with Crippen LogP contribution in [0.1, 0.15) is 42.4 Å². The van der Waals surface area contributed by atoms with Crippen LogP contribution in [0.3, 0.4) is 0 Å². The highest BCUT2D eigenvalue weighted by Crippen LogP contribution is 2.54. The minimum absolute atomic E-state index is 0.00289. The number of amides is 2. The van der Waals surface area contributed by atoms with Crippen molar-refractivity contribution in [2.24, 2.45) is 11.8 Å². The SMILES string of the molecule is CCC(=O)NC[C@H]1[C@H]2CN(C(=O)c3ccc4nc(C)oc4c3)C[C@]23CC[C@H]1O3. The van der Waals surface area contributed by atoms with Crippen LogP contribution in [0.25, 0.3) is 11.1 Å². The van der Waals surface area contributed by atoms with Crippen LogP contribution in [0.4, 0.5) is 0 Å². The third kappa shape index (κ3) is 2.64. The van der Waals surface area contributed by atoms with Gasteiger partial charge >= 0.3 is 0 Å². The van der Waals surface area contributed by atoms with Crippen molar-refractivity contribution < 1.29 is 18.7 Å². The first-order chi connectivity index (χ1) is 13.5. The van der Waals surface area contributed by atoms with Gasteiger partial charge in [-0.15, -0.1) is 0 Å². The molecule has 7 heteroatoms. The summed E-state index contributed by atoms with van der Waals surface area (Å²) < 4.78 is 12.0. The summed E-state index contributed by atoms with van der Waals surface area (Å²) in [4.78, 5) is 31.1. The number of hydrogen-bond donors (Lipinski definition) is 1. The second kappa shape index (κ2) is 6.30. The highest BCUT2D eigenvalue weighted by atomic mass is 16.5. The Labute approximate surface area is 163 Å². The lowest BCUT2D eigenvalue weighted by atomic mass is 9.73. The zero-order valence-electron chi connectivity index (χ0n) is 16.2. The fourth-order valence-corrected chi connectivity index (χ4v) is 5.33. The van der Waals surface area contributed by atoms with Gasteiger partial charge in [-0.25, -0.2) is 4.98 Å². The number of nitrogens with zero attached hydrogens (tertiary/aromatic N) is 2. The average Bonchev–Trinajstić information content (AvgIpc) is 3.42. The normalized spacial score (nSPS) is 30.8. The summed E-state index contributed by atoms with van der Waals surface area (Å²) in [6.07, 6.45) is 2.69. The van der Waals surface area contributed by atoms with Crippen molar-refractivity contribution in [3.63, 3.8) is 0 Å². The molecule has 0 radical (unpaired) electrons. The molecule has 0 unspecified atom stereocenters. The fraction of sp³-hybridized carbons (Fsp3) is 0.571. The molecule has 3 aliphatic rings. The summed E-state index contributed by atoms with van der Waals surface area (Å²) in [5, 5.41) is 3.02.